The number of halogens is 1. The highest BCUT2D eigenvalue weighted by Crippen LogP contribution is 2.24. The van der Waals surface area contributed by atoms with Gasteiger partial charge >= 0.3 is 5.97 Å². The number of benzene rings is 1. The maximum absolute atomic E-state index is 12.3. The van der Waals surface area contributed by atoms with Crippen LogP contribution in [0, 0.1) is 0 Å². The lowest BCUT2D eigenvalue weighted by molar-refractivity contribution is -0.138. The Balaban J connectivity index is 3.13. The monoisotopic (exact) mass is 300 g/mol. The lowest BCUT2D eigenvalue weighted by atomic mass is 10.1. The van der Waals surface area contributed by atoms with Crippen LogP contribution in [0.25, 0.3) is 0 Å². The highest BCUT2D eigenvalue weighted by Gasteiger charge is 2.23. The van der Waals surface area contributed by atoms with Crippen molar-refractivity contribution in [1.82, 2.24) is 4.90 Å². The molecule has 0 aliphatic carbocycles. The molecular weight excluding hydrogens is 288 g/mol. The summed E-state index contributed by atoms with van der Waals surface area (Å²) in [6.07, 6.45) is 0. The smallest absolute Gasteiger partial charge is 0.323 e. The van der Waals surface area contributed by atoms with Crippen molar-refractivity contribution in [3.05, 3.63) is 28.8 Å². The number of carbonyl (C=O) groups is 3. The van der Waals surface area contributed by atoms with Gasteiger partial charge in [0.15, 0.2) is 0 Å². The van der Waals surface area contributed by atoms with E-state index in [2.05, 4.69) is 0 Å². The van der Waals surface area contributed by atoms with Crippen LogP contribution in [0.3, 0.4) is 0 Å². The average Bonchev–Trinajstić information content (AvgIpc) is 2.36. The van der Waals surface area contributed by atoms with E-state index < -0.39 is 30.9 Å². The van der Waals surface area contributed by atoms with E-state index in [1.165, 1.54) is 25.3 Å². The number of hydrogen-bond acceptors (Lipinski definition) is 4. The molecule has 0 aliphatic rings. The van der Waals surface area contributed by atoms with Gasteiger partial charge < -0.3 is 20.5 Å². The van der Waals surface area contributed by atoms with Crippen molar-refractivity contribution in [2.45, 2.75) is 0 Å². The van der Waals surface area contributed by atoms with E-state index in [1.54, 1.807) is 0 Å². The third kappa shape index (κ3) is 4.13. The van der Waals surface area contributed by atoms with Gasteiger partial charge in [0.2, 0.25) is 5.91 Å². The van der Waals surface area contributed by atoms with E-state index in [0.29, 0.717) is 0 Å². The number of rotatable bonds is 6. The van der Waals surface area contributed by atoms with Crippen LogP contribution in [0.2, 0.25) is 5.02 Å². The summed E-state index contributed by atoms with van der Waals surface area (Å²) in [4.78, 5) is 34.7. The van der Waals surface area contributed by atoms with E-state index >= 15 is 0 Å². The largest absolute Gasteiger partial charge is 0.496 e. The summed E-state index contributed by atoms with van der Waals surface area (Å²) in [5.74, 6) is -2.56. The molecule has 2 amide bonds. The summed E-state index contributed by atoms with van der Waals surface area (Å²) in [5.41, 5.74) is 5.06. The molecule has 0 aliphatic heterocycles. The van der Waals surface area contributed by atoms with Crippen LogP contribution >= 0.6 is 11.6 Å². The molecule has 7 nitrogen and oxygen atoms in total. The summed E-state index contributed by atoms with van der Waals surface area (Å²) in [6.45, 7) is -1.17. The molecule has 20 heavy (non-hydrogen) atoms. The molecule has 0 saturated carbocycles. The molecule has 0 radical (unpaired) electrons. The zero-order valence-electron chi connectivity index (χ0n) is 10.6. The first-order valence-electron chi connectivity index (χ1n) is 5.48. The first-order valence-corrected chi connectivity index (χ1v) is 5.86. The number of amides is 2. The van der Waals surface area contributed by atoms with Gasteiger partial charge in [0.25, 0.3) is 5.91 Å². The number of ether oxygens (including phenoxy) is 1. The van der Waals surface area contributed by atoms with Gasteiger partial charge in [0.05, 0.1) is 12.7 Å². The van der Waals surface area contributed by atoms with Crippen LogP contribution in [0.1, 0.15) is 10.4 Å². The Kier molecular flexibility index (Phi) is 5.33. The van der Waals surface area contributed by atoms with Crippen LogP contribution < -0.4 is 10.5 Å². The third-order valence-electron chi connectivity index (χ3n) is 2.35. The van der Waals surface area contributed by atoms with Crippen LogP contribution in [0.15, 0.2) is 18.2 Å². The zero-order valence-corrected chi connectivity index (χ0v) is 11.4. The van der Waals surface area contributed by atoms with E-state index in [0.717, 1.165) is 4.90 Å². The van der Waals surface area contributed by atoms with Gasteiger partial charge in [-0.2, -0.15) is 0 Å². The Bertz CT molecular complexity index is 531. The number of nitrogens with two attached hydrogens (primary N) is 1. The van der Waals surface area contributed by atoms with E-state index in [-0.39, 0.29) is 16.3 Å². The summed E-state index contributed by atoms with van der Waals surface area (Å²) in [6, 6.07) is 4.32. The topological polar surface area (TPSA) is 110 Å². The molecule has 0 spiro atoms. The van der Waals surface area contributed by atoms with Gasteiger partial charge in [-0.3, -0.25) is 14.4 Å². The van der Waals surface area contributed by atoms with Crippen molar-refractivity contribution in [1.29, 1.82) is 0 Å². The van der Waals surface area contributed by atoms with E-state index in [1.807, 2.05) is 0 Å². The molecular formula is C12H13ClN2O5. The lowest BCUT2D eigenvalue weighted by Crippen LogP contribution is -2.41. The molecule has 0 fully saturated rings. The van der Waals surface area contributed by atoms with Crippen LogP contribution in [0.5, 0.6) is 5.75 Å². The zero-order chi connectivity index (χ0) is 15.3. The predicted molar refractivity (Wildman–Crippen MR) is 70.7 cm³/mol. The second kappa shape index (κ2) is 6.76. The van der Waals surface area contributed by atoms with Crippen molar-refractivity contribution < 1.29 is 24.2 Å². The fourth-order valence-electron chi connectivity index (χ4n) is 1.57. The van der Waals surface area contributed by atoms with Gasteiger partial charge in [-0.25, -0.2) is 0 Å². The molecule has 0 bridgehead atoms. The summed E-state index contributed by atoms with van der Waals surface area (Å²) < 4.78 is 5.01. The standard InChI is InChI=1S/C12H13ClN2O5/c1-20-9-3-2-7(13)4-8(9)12(19)15(5-10(14)16)6-11(17)18/h2-4H,5-6H2,1H3,(H2,14,16)(H,17,18). The van der Waals surface area contributed by atoms with Gasteiger partial charge in [0, 0.05) is 5.02 Å². The Morgan fingerprint density at radius 3 is 2.50 bits per heavy atom. The van der Waals surface area contributed by atoms with Crippen LogP contribution in [-0.4, -0.2) is 48.0 Å². The number of carboxylic acids is 1. The summed E-state index contributed by atoms with van der Waals surface area (Å²) in [7, 11) is 1.36. The van der Waals surface area contributed by atoms with Gasteiger partial charge in [-0.15, -0.1) is 0 Å². The first-order chi connectivity index (χ1) is 9.35. The predicted octanol–water partition coefficient (Wildman–Crippen LogP) is 0.361. The van der Waals surface area contributed by atoms with Gasteiger partial charge in [0.1, 0.15) is 18.8 Å². The molecule has 0 unspecified atom stereocenters. The summed E-state index contributed by atoms with van der Waals surface area (Å²) >= 11 is 5.80. The molecule has 1 rings (SSSR count). The minimum Gasteiger partial charge on any atom is -0.496 e. The number of primary amides is 1. The van der Waals surface area contributed by atoms with E-state index in [9.17, 15) is 14.4 Å². The highest BCUT2D eigenvalue weighted by molar-refractivity contribution is 6.31. The van der Waals surface area contributed by atoms with Crippen molar-refractivity contribution in [2.24, 2.45) is 5.73 Å². The Labute approximate surface area is 119 Å². The van der Waals surface area contributed by atoms with Gasteiger partial charge in [-0.1, -0.05) is 11.6 Å². The Morgan fingerprint density at radius 1 is 1.35 bits per heavy atom. The van der Waals surface area contributed by atoms with E-state index in [4.69, 9.17) is 27.2 Å². The molecule has 3 N–H and O–H groups in total. The van der Waals surface area contributed by atoms with Crippen LogP contribution in [-0.2, 0) is 9.59 Å². The normalized spacial score (nSPS) is 9.90. The van der Waals surface area contributed by atoms with Crippen molar-refractivity contribution in [3.8, 4) is 5.75 Å². The number of hydrogen-bond donors (Lipinski definition) is 2. The van der Waals surface area contributed by atoms with Crippen LogP contribution in [0.4, 0.5) is 0 Å². The van der Waals surface area contributed by atoms with Crippen molar-refractivity contribution in [3.63, 3.8) is 0 Å². The molecule has 0 aromatic heterocycles. The molecule has 1 aromatic carbocycles. The molecule has 0 atom stereocenters. The number of nitrogens with zero attached hydrogens (tertiary/aromatic N) is 1. The highest BCUT2D eigenvalue weighted by atomic mass is 35.5. The second-order valence-electron chi connectivity index (χ2n) is 3.87. The quantitative estimate of drug-likeness (QED) is 0.788. The second-order valence-corrected chi connectivity index (χ2v) is 4.30. The minimum atomic E-state index is -1.26. The fourth-order valence-corrected chi connectivity index (χ4v) is 1.74. The Morgan fingerprint density at radius 2 is 2.00 bits per heavy atom. The number of aliphatic carboxylic acids is 1. The Hall–Kier alpha value is -2.28. The first kappa shape index (κ1) is 15.8. The molecule has 0 heterocycles. The number of carboxylic acid groups (broad SMARTS) is 1. The SMILES string of the molecule is COc1ccc(Cl)cc1C(=O)N(CC(N)=O)CC(=O)O. The third-order valence-corrected chi connectivity index (χ3v) is 2.59. The maximum atomic E-state index is 12.3. The summed E-state index contributed by atoms with van der Waals surface area (Å²) in [5, 5.41) is 9.05. The van der Waals surface area contributed by atoms with Gasteiger partial charge in [-0.05, 0) is 18.2 Å². The number of carbonyl (C=O) groups excluding carboxylic acids is 2. The fraction of sp³-hybridized carbons (Fsp3) is 0.250. The molecule has 0 saturated heterocycles. The number of methoxy groups -OCH3 is 1. The molecule has 8 heteroatoms. The average molecular weight is 301 g/mol. The minimum absolute atomic E-state index is 0.0579. The van der Waals surface area contributed by atoms with Crippen molar-refractivity contribution >= 4 is 29.4 Å². The maximum Gasteiger partial charge on any atom is 0.323 e. The van der Waals surface area contributed by atoms with Crippen molar-refractivity contribution in [2.75, 3.05) is 20.2 Å². The molecule has 108 valence electrons. The molecule has 1 aromatic rings. The lowest BCUT2D eigenvalue weighted by Gasteiger charge is -2.20.